The Morgan fingerprint density at radius 1 is 1.33 bits per heavy atom. The molecule has 7 nitrogen and oxygen atoms in total. The molecule has 2 aromatic rings. The van der Waals surface area contributed by atoms with Gasteiger partial charge in [0.1, 0.15) is 0 Å². The Balaban J connectivity index is 1.37. The number of aliphatic hydroxyl groups excluding tert-OH is 1. The molecule has 0 saturated carbocycles. The number of amides is 2. The Morgan fingerprint density at radius 2 is 2.11 bits per heavy atom. The molecule has 0 radical (unpaired) electrons. The number of aryl methyl sites for hydroxylation is 3. The third-order valence-electron chi connectivity index (χ3n) is 5.19. The zero-order valence-corrected chi connectivity index (χ0v) is 16.1. The van der Waals surface area contributed by atoms with Crippen molar-refractivity contribution in [2.24, 2.45) is 5.92 Å². The Bertz CT molecular complexity index is 738. The third kappa shape index (κ3) is 5.07. The Labute approximate surface area is 160 Å². The molecule has 1 atom stereocenters. The Hall–Kier alpha value is -2.41. The van der Waals surface area contributed by atoms with Crippen LogP contribution in [0.15, 0.2) is 30.5 Å². The second kappa shape index (κ2) is 8.99. The molecule has 0 aliphatic carbocycles. The van der Waals surface area contributed by atoms with Gasteiger partial charge in [-0.2, -0.15) is 5.10 Å². The maximum Gasteiger partial charge on any atom is 0.317 e. The van der Waals surface area contributed by atoms with Gasteiger partial charge in [0.2, 0.25) is 0 Å². The number of likely N-dealkylation sites (tertiary alicyclic amines) is 1. The van der Waals surface area contributed by atoms with Crippen LogP contribution in [-0.2, 0) is 6.54 Å². The minimum Gasteiger partial charge on any atom is -0.387 e. The largest absolute Gasteiger partial charge is 0.387 e. The highest BCUT2D eigenvalue weighted by Gasteiger charge is 2.28. The van der Waals surface area contributed by atoms with Gasteiger partial charge in [-0.15, -0.1) is 0 Å². The van der Waals surface area contributed by atoms with Crippen molar-refractivity contribution in [3.8, 4) is 0 Å². The summed E-state index contributed by atoms with van der Waals surface area (Å²) in [5.41, 5.74) is 2.88. The Kier molecular flexibility index (Phi) is 6.45. The van der Waals surface area contributed by atoms with Crippen LogP contribution in [0, 0.1) is 19.8 Å². The zero-order valence-electron chi connectivity index (χ0n) is 16.1. The minimum absolute atomic E-state index is 0.0193. The first-order valence-electron chi connectivity index (χ1n) is 9.67. The van der Waals surface area contributed by atoms with E-state index >= 15 is 0 Å². The van der Waals surface area contributed by atoms with E-state index in [9.17, 15) is 9.90 Å². The first-order chi connectivity index (χ1) is 13.0. The van der Waals surface area contributed by atoms with Gasteiger partial charge < -0.3 is 15.3 Å². The van der Waals surface area contributed by atoms with E-state index in [1.165, 1.54) is 0 Å². The summed E-state index contributed by atoms with van der Waals surface area (Å²) < 4.78 is 1.98. The van der Waals surface area contributed by atoms with E-state index in [0.29, 0.717) is 25.3 Å². The van der Waals surface area contributed by atoms with E-state index in [1.807, 2.05) is 41.6 Å². The van der Waals surface area contributed by atoms with Gasteiger partial charge in [-0.3, -0.25) is 9.67 Å². The average molecular weight is 371 g/mol. The van der Waals surface area contributed by atoms with Crippen LogP contribution >= 0.6 is 0 Å². The standard InChI is InChI=1S/C20H29N5O2/c1-15-14-16(2)25(23-15)11-5-10-22-20(27)24-12-7-17(8-13-24)19(26)18-6-3-4-9-21-18/h3-4,6,9,14,17,19,26H,5,7-8,10-13H2,1-2H3,(H,22,27)/t19-/m0/s1. The summed E-state index contributed by atoms with van der Waals surface area (Å²) in [7, 11) is 0. The number of pyridine rings is 1. The smallest absolute Gasteiger partial charge is 0.317 e. The molecule has 7 heteroatoms. The SMILES string of the molecule is Cc1cc(C)n(CCCNC(=O)N2CCC([C@H](O)c3ccccn3)CC2)n1. The number of carbonyl (C=O) groups is 1. The van der Waals surface area contributed by atoms with Crippen LogP contribution in [0.3, 0.4) is 0 Å². The van der Waals surface area contributed by atoms with Crippen LogP contribution in [0.4, 0.5) is 4.79 Å². The number of hydrogen-bond donors (Lipinski definition) is 2. The summed E-state index contributed by atoms with van der Waals surface area (Å²) in [5, 5.41) is 17.9. The molecule has 0 unspecified atom stereocenters. The second-order valence-electron chi connectivity index (χ2n) is 7.26. The minimum atomic E-state index is -0.558. The number of urea groups is 1. The van der Waals surface area contributed by atoms with Gasteiger partial charge in [-0.1, -0.05) is 6.07 Å². The lowest BCUT2D eigenvalue weighted by Crippen LogP contribution is -2.45. The van der Waals surface area contributed by atoms with Crippen LogP contribution in [0.2, 0.25) is 0 Å². The lowest BCUT2D eigenvalue weighted by molar-refractivity contribution is 0.0636. The summed E-state index contributed by atoms with van der Waals surface area (Å²) >= 11 is 0. The lowest BCUT2D eigenvalue weighted by Gasteiger charge is -2.34. The summed E-state index contributed by atoms with van der Waals surface area (Å²) in [6.45, 7) is 6.80. The highest BCUT2D eigenvalue weighted by atomic mass is 16.3. The van der Waals surface area contributed by atoms with Gasteiger partial charge in [-0.25, -0.2) is 4.79 Å². The van der Waals surface area contributed by atoms with E-state index in [2.05, 4.69) is 21.5 Å². The molecule has 3 heterocycles. The number of hydrogen-bond acceptors (Lipinski definition) is 4. The number of rotatable bonds is 6. The molecular weight excluding hydrogens is 342 g/mol. The van der Waals surface area contributed by atoms with Gasteiger partial charge in [0.15, 0.2) is 0 Å². The molecule has 27 heavy (non-hydrogen) atoms. The maximum atomic E-state index is 12.3. The quantitative estimate of drug-likeness (QED) is 0.764. The van der Waals surface area contributed by atoms with E-state index in [0.717, 1.165) is 37.2 Å². The Morgan fingerprint density at radius 3 is 2.74 bits per heavy atom. The van der Waals surface area contributed by atoms with Crippen LogP contribution in [0.1, 0.15) is 42.4 Å². The normalized spacial score (nSPS) is 16.3. The van der Waals surface area contributed by atoms with E-state index in [-0.39, 0.29) is 11.9 Å². The summed E-state index contributed by atoms with van der Waals surface area (Å²) in [5.74, 6) is 0.148. The van der Waals surface area contributed by atoms with Crippen LogP contribution in [0.5, 0.6) is 0 Å². The maximum absolute atomic E-state index is 12.3. The molecule has 1 saturated heterocycles. The molecule has 0 aromatic carbocycles. The highest BCUT2D eigenvalue weighted by molar-refractivity contribution is 5.74. The third-order valence-corrected chi connectivity index (χ3v) is 5.19. The molecule has 2 aromatic heterocycles. The van der Waals surface area contributed by atoms with Crippen LogP contribution in [-0.4, -0.2) is 50.4 Å². The van der Waals surface area contributed by atoms with Crippen molar-refractivity contribution in [2.45, 2.75) is 45.8 Å². The molecule has 1 aliphatic rings. The second-order valence-corrected chi connectivity index (χ2v) is 7.26. The van der Waals surface area contributed by atoms with E-state index < -0.39 is 6.10 Å². The number of piperidine rings is 1. The molecular formula is C20H29N5O2. The van der Waals surface area contributed by atoms with Crippen LogP contribution < -0.4 is 5.32 Å². The van der Waals surface area contributed by atoms with E-state index in [4.69, 9.17) is 0 Å². The first-order valence-corrected chi connectivity index (χ1v) is 9.67. The average Bonchev–Trinajstić information content (AvgIpc) is 3.02. The van der Waals surface area contributed by atoms with Crippen molar-refractivity contribution < 1.29 is 9.90 Å². The molecule has 146 valence electrons. The summed E-state index contributed by atoms with van der Waals surface area (Å²) in [6.07, 6.45) is 3.57. The number of nitrogens with zero attached hydrogens (tertiary/aromatic N) is 4. The molecule has 1 aliphatic heterocycles. The van der Waals surface area contributed by atoms with Crippen molar-refractivity contribution in [3.05, 3.63) is 47.5 Å². The molecule has 2 N–H and O–H groups in total. The predicted molar refractivity (Wildman–Crippen MR) is 103 cm³/mol. The van der Waals surface area contributed by atoms with Crippen molar-refractivity contribution in [2.75, 3.05) is 19.6 Å². The zero-order chi connectivity index (χ0) is 19.2. The number of nitrogens with one attached hydrogen (secondary N) is 1. The van der Waals surface area contributed by atoms with Gasteiger partial charge in [0.05, 0.1) is 17.5 Å². The number of carbonyl (C=O) groups excluding carboxylic acids is 1. The fourth-order valence-corrected chi connectivity index (χ4v) is 3.65. The molecule has 0 spiro atoms. The highest BCUT2D eigenvalue weighted by Crippen LogP contribution is 2.29. The number of aromatic nitrogens is 3. The van der Waals surface area contributed by atoms with Gasteiger partial charge in [0, 0.05) is 38.1 Å². The molecule has 3 rings (SSSR count). The number of aliphatic hydroxyl groups is 1. The molecule has 1 fully saturated rings. The molecule has 0 bridgehead atoms. The van der Waals surface area contributed by atoms with Gasteiger partial charge in [0.25, 0.3) is 0 Å². The summed E-state index contributed by atoms with van der Waals surface area (Å²) in [4.78, 5) is 18.4. The lowest BCUT2D eigenvalue weighted by atomic mass is 9.89. The monoisotopic (exact) mass is 371 g/mol. The van der Waals surface area contributed by atoms with Crippen molar-refractivity contribution >= 4 is 6.03 Å². The summed E-state index contributed by atoms with van der Waals surface area (Å²) in [6, 6.07) is 7.63. The fraction of sp³-hybridized carbons (Fsp3) is 0.550. The van der Waals surface area contributed by atoms with Crippen molar-refractivity contribution in [3.63, 3.8) is 0 Å². The van der Waals surface area contributed by atoms with Gasteiger partial charge >= 0.3 is 6.03 Å². The van der Waals surface area contributed by atoms with Gasteiger partial charge in [-0.05, 0) is 57.2 Å². The fourth-order valence-electron chi connectivity index (χ4n) is 3.65. The first kappa shape index (κ1) is 19.4. The van der Waals surface area contributed by atoms with Crippen molar-refractivity contribution in [1.29, 1.82) is 0 Å². The predicted octanol–water partition coefficient (Wildman–Crippen LogP) is 2.44. The topological polar surface area (TPSA) is 83.3 Å². The van der Waals surface area contributed by atoms with E-state index in [1.54, 1.807) is 6.20 Å². The van der Waals surface area contributed by atoms with Crippen LogP contribution in [0.25, 0.3) is 0 Å². The molecule has 2 amide bonds. The van der Waals surface area contributed by atoms with Crippen molar-refractivity contribution in [1.82, 2.24) is 25.0 Å².